The third kappa shape index (κ3) is 4.64. The summed E-state index contributed by atoms with van der Waals surface area (Å²) in [6.45, 7) is 8.50. The summed E-state index contributed by atoms with van der Waals surface area (Å²) in [6, 6.07) is 8.11. The van der Waals surface area contributed by atoms with Crippen molar-refractivity contribution >= 4 is 21.8 Å². The van der Waals surface area contributed by atoms with Gasteiger partial charge in [-0.25, -0.2) is 0 Å². The molecular weight excluding hydrogens is 302 g/mol. The van der Waals surface area contributed by atoms with Gasteiger partial charge in [-0.2, -0.15) is 0 Å². The molecule has 0 aliphatic heterocycles. The van der Waals surface area contributed by atoms with Crippen molar-refractivity contribution in [3.05, 3.63) is 35.4 Å². The van der Waals surface area contributed by atoms with Crippen molar-refractivity contribution in [2.75, 3.05) is 5.33 Å². The predicted molar refractivity (Wildman–Crippen MR) is 85.1 cm³/mol. The Bertz CT molecular complexity index is 423. The summed E-state index contributed by atoms with van der Waals surface area (Å²) in [6.07, 6.45) is 1.91. The molecule has 0 saturated carbocycles. The molecule has 2 nitrogen and oxygen atoms in total. The van der Waals surface area contributed by atoms with Crippen molar-refractivity contribution in [3.8, 4) is 0 Å². The van der Waals surface area contributed by atoms with Crippen molar-refractivity contribution < 1.29 is 4.79 Å². The van der Waals surface area contributed by atoms with Crippen LogP contribution >= 0.6 is 15.9 Å². The van der Waals surface area contributed by atoms with Crippen molar-refractivity contribution in [1.82, 2.24) is 5.32 Å². The molecular formula is C16H24BrNO. The number of amides is 1. The molecule has 106 valence electrons. The third-order valence-corrected chi connectivity index (χ3v) is 3.72. The molecule has 0 radical (unpaired) electrons. The zero-order chi connectivity index (χ0) is 14.5. The minimum absolute atomic E-state index is 0.0228. The highest BCUT2D eigenvalue weighted by Crippen LogP contribution is 2.25. The molecule has 1 amide bonds. The summed E-state index contributed by atoms with van der Waals surface area (Å²) >= 11 is 3.43. The number of alkyl halides is 1. The summed E-state index contributed by atoms with van der Waals surface area (Å²) in [4.78, 5) is 12.4. The molecule has 0 aliphatic rings. The molecule has 0 bridgehead atoms. The molecule has 1 atom stereocenters. The molecule has 0 aromatic heterocycles. The quantitative estimate of drug-likeness (QED) is 0.804. The number of carbonyl (C=O) groups excluding carboxylic acids is 1. The fourth-order valence-electron chi connectivity index (χ4n) is 2.11. The largest absolute Gasteiger partial charge is 0.349 e. The Morgan fingerprint density at radius 1 is 1.32 bits per heavy atom. The standard InChI is InChI=1S/C16H24BrNO/c1-5-12(10-11-17)18-15(19)13-8-6-7-9-14(13)16(2,3)4/h6-9,12H,5,10-11H2,1-4H3,(H,18,19). The van der Waals surface area contributed by atoms with Gasteiger partial charge in [0, 0.05) is 16.9 Å². The average molecular weight is 326 g/mol. The monoisotopic (exact) mass is 325 g/mol. The molecule has 1 N–H and O–H groups in total. The lowest BCUT2D eigenvalue weighted by Gasteiger charge is -2.24. The lowest BCUT2D eigenvalue weighted by atomic mass is 9.83. The van der Waals surface area contributed by atoms with E-state index >= 15 is 0 Å². The number of hydrogen-bond acceptors (Lipinski definition) is 1. The second kappa shape index (κ2) is 7.09. The topological polar surface area (TPSA) is 29.1 Å². The van der Waals surface area contributed by atoms with E-state index in [1.807, 2.05) is 24.3 Å². The van der Waals surface area contributed by atoms with E-state index < -0.39 is 0 Å². The Morgan fingerprint density at radius 2 is 1.95 bits per heavy atom. The van der Waals surface area contributed by atoms with Gasteiger partial charge in [-0.1, -0.05) is 61.8 Å². The first-order valence-corrected chi connectivity index (χ1v) is 7.98. The number of halogens is 1. The molecule has 1 aromatic carbocycles. The lowest BCUT2D eigenvalue weighted by Crippen LogP contribution is -2.36. The summed E-state index contributed by atoms with van der Waals surface area (Å²) in [5, 5.41) is 4.04. The van der Waals surface area contributed by atoms with Crippen LogP contribution < -0.4 is 5.32 Å². The van der Waals surface area contributed by atoms with Gasteiger partial charge >= 0.3 is 0 Å². The fourth-order valence-corrected chi connectivity index (χ4v) is 2.66. The van der Waals surface area contributed by atoms with Gasteiger partial charge in [0.15, 0.2) is 0 Å². The van der Waals surface area contributed by atoms with Crippen LogP contribution in [-0.4, -0.2) is 17.3 Å². The van der Waals surface area contributed by atoms with E-state index in [-0.39, 0.29) is 17.4 Å². The first-order valence-electron chi connectivity index (χ1n) is 6.86. The summed E-state index contributed by atoms with van der Waals surface area (Å²) < 4.78 is 0. The van der Waals surface area contributed by atoms with Crippen LogP contribution in [0.25, 0.3) is 0 Å². The van der Waals surface area contributed by atoms with Crippen LogP contribution in [0.1, 0.15) is 56.5 Å². The SMILES string of the molecule is CCC(CCBr)NC(=O)c1ccccc1C(C)(C)C. The number of carbonyl (C=O) groups is 1. The zero-order valence-corrected chi connectivity index (χ0v) is 13.9. The van der Waals surface area contributed by atoms with E-state index in [1.165, 1.54) is 0 Å². The van der Waals surface area contributed by atoms with E-state index in [0.717, 1.165) is 29.3 Å². The van der Waals surface area contributed by atoms with Crippen LogP contribution in [-0.2, 0) is 5.41 Å². The average Bonchev–Trinajstić information content (AvgIpc) is 2.37. The highest BCUT2D eigenvalue weighted by molar-refractivity contribution is 9.09. The molecule has 3 heteroatoms. The third-order valence-electron chi connectivity index (χ3n) is 3.27. The highest BCUT2D eigenvalue weighted by Gasteiger charge is 2.22. The van der Waals surface area contributed by atoms with Gasteiger partial charge in [0.05, 0.1) is 0 Å². The molecule has 0 saturated heterocycles. The second-order valence-electron chi connectivity index (χ2n) is 5.85. The number of hydrogen-bond donors (Lipinski definition) is 1. The van der Waals surface area contributed by atoms with E-state index in [0.29, 0.717) is 0 Å². The number of nitrogens with one attached hydrogen (secondary N) is 1. The van der Waals surface area contributed by atoms with Gasteiger partial charge in [0.25, 0.3) is 5.91 Å². The minimum atomic E-state index is -0.0228. The van der Waals surface area contributed by atoms with Gasteiger partial charge in [-0.3, -0.25) is 4.79 Å². The number of rotatable bonds is 5. The first kappa shape index (κ1) is 16.2. The Morgan fingerprint density at radius 3 is 2.47 bits per heavy atom. The molecule has 0 fully saturated rings. The summed E-state index contributed by atoms with van der Waals surface area (Å²) in [5.41, 5.74) is 1.87. The van der Waals surface area contributed by atoms with Crippen LogP contribution in [0.3, 0.4) is 0 Å². The lowest BCUT2D eigenvalue weighted by molar-refractivity contribution is 0.0933. The van der Waals surface area contributed by atoms with Gasteiger partial charge in [-0.05, 0) is 29.9 Å². The van der Waals surface area contributed by atoms with Crippen LogP contribution in [0, 0.1) is 0 Å². The van der Waals surface area contributed by atoms with Crippen molar-refractivity contribution in [1.29, 1.82) is 0 Å². The van der Waals surface area contributed by atoms with Gasteiger partial charge < -0.3 is 5.32 Å². The smallest absolute Gasteiger partial charge is 0.251 e. The van der Waals surface area contributed by atoms with Crippen LogP contribution in [0.2, 0.25) is 0 Å². The summed E-state index contributed by atoms with van der Waals surface area (Å²) in [7, 11) is 0. The fraction of sp³-hybridized carbons (Fsp3) is 0.562. The molecule has 1 rings (SSSR count). The molecule has 1 unspecified atom stereocenters. The zero-order valence-electron chi connectivity index (χ0n) is 12.3. The Kier molecular flexibility index (Phi) is 6.05. The molecule has 0 heterocycles. The van der Waals surface area contributed by atoms with E-state index in [1.54, 1.807) is 0 Å². The Labute approximate surface area is 125 Å². The Hall–Kier alpha value is -0.830. The van der Waals surface area contributed by atoms with Crippen molar-refractivity contribution in [2.45, 2.75) is 52.0 Å². The maximum Gasteiger partial charge on any atom is 0.251 e. The molecule has 0 aliphatic carbocycles. The highest BCUT2D eigenvalue weighted by atomic mass is 79.9. The van der Waals surface area contributed by atoms with Crippen molar-refractivity contribution in [3.63, 3.8) is 0 Å². The maximum absolute atomic E-state index is 12.4. The van der Waals surface area contributed by atoms with Crippen LogP contribution in [0.4, 0.5) is 0 Å². The first-order chi connectivity index (χ1) is 8.90. The van der Waals surface area contributed by atoms with Crippen molar-refractivity contribution in [2.24, 2.45) is 0 Å². The van der Waals surface area contributed by atoms with E-state index in [2.05, 4.69) is 48.9 Å². The van der Waals surface area contributed by atoms with E-state index in [9.17, 15) is 4.79 Å². The predicted octanol–water partition coefficient (Wildman–Crippen LogP) is 4.28. The van der Waals surface area contributed by atoms with E-state index in [4.69, 9.17) is 0 Å². The van der Waals surface area contributed by atoms with Crippen LogP contribution in [0.5, 0.6) is 0 Å². The summed E-state index contributed by atoms with van der Waals surface area (Å²) in [5.74, 6) is 0.0401. The van der Waals surface area contributed by atoms with Gasteiger partial charge in [-0.15, -0.1) is 0 Å². The maximum atomic E-state index is 12.4. The normalized spacial score (nSPS) is 13.1. The Balaban J connectivity index is 2.94. The molecule has 1 aromatic rings. The van der Waals surface area contributed by atoms with Gasteiger partial charge in [0.1, 0.15) is 0 Å². The van der Waals surface area contributed by atoms with Gasteiger partial charge in [0.2, 0.25) is 0 Å². The minimum Gasteiger partial charge on any atom is -0.349 e. The molecule has 0 spiro atoms. The second-order valence-corrected chi connectivity index (χ2v) is 6.64. The number of benzene rings is 1. The van der Waals surface area contributed by atoms with Crippen LogP contribution in [0.15, 0.2) is 24.3 Å². The molecule has 19 heavy (non-hydrogen) atoms.